The van der Waals surface area contributed by atoms with E-state index in [9.17, 15) is 9.59 Å². The second-order valence-electron chi connectivity index (χ2n) is 7.61. The number of aliphatic imine (C=N–C) groups is 1. The summed E-state index contributed by atoms with van der Waals surface area (Å²) in [6.07, 6.45) is 3.66. The van der Waals surface area contributed by atoms with Gasteiger partial charge in [-0.25, -0.2) is 0 Å². The summed E-state index contributed by atoms with van der Waals surface area (Å²) >= 11 is 0. The second kappa shape index (κ2) is 9.68. The molecule has 2 aliphatic rings. The molecule has 1 aromatic rings. The van der Waals surface area contributed by atoms with Gasteiger partial charge in [0.2, 0.25) is 0 Å². The number of benzene rings is 1. The van der Waals surface area contributed by atoms with Crippen LogP contribution >= 0.6 is 0 Å². The van der Waals surface area contributed by atoms with E-state index in [-0.39, 0.29) is 11.8 Å². The van der Waals surface area contributed by atoms with Crippen molar-refractivity contribution in [2.45, 2.75) is 26.2 Å². The predicted molar refractivity (Wildman–Crippen MR) is 111 cm³/mol. The summed E-state index contributed by atoms with van der Waals surface area (Å²) in [6, 6.07) is 6.96. The number of guanidine groups is 1. The number of piperidine rings is 1. The molecular formula is C21H31N5O2. The van der Waals surface area contributed by atoms with Crippen molar-refractivity contribution in [2.75, 3.05) is 46.3 Å². The van der Waals surface area contributed by atoms with E-state index in [2.05, 4.69) is 27.4 Å². The number of imide groups is 1. The zero-order valence-corrected chi connectivity index (χ0v) is 16.9. The number of amides is 2. The van der Waals surface area contributed by atoms with Crippen LogP contribution in [0.3, 0.4) is 0 Å². The fourth-order valence-electron chi connectivity index (χ4n) is 3.74. The van der Waals surface area contributed by atoms with Crippen molar-refractivity contribution in [1.82, 2.24) is 20.4 Å². The van der Waals surface area contributed by atoms with E-state index >= 15 is 0 Å². The molecule has 0 saturated carbocycles. The van der Waals surface area contributed by atoms with Gasteiger partial charge in [-0.15, -0.1) is 0 Å². The fourth-order valence-corrected chi connectivity index (χ4v) is 3.74. The van der Waals surface area contributed by atoms with Gasteiger partial charge >= 0.3 is 0 Å². The van der Waals surface area contributed by atoms with E-state index in [0.29, 0.717) is 30.2 Å². The Labute approximate surface area is 167 Å². The highest BCUT2D eigenvalue weighted by molar-refractivity contribution is 6.21. The third kappa shape index (κ3) is 4.90. The lowest BCUT2D eigenvalue weighted by atomic mass is 9.99. The number of rotatable bonds is 7. The van der Waals surface area contributed by atoms with E-state index in [0.717, 1.165) is 25.4 Å². The van der Waals surface area contributed by atoms with Gasteiger partial charge in [-0.05, 0) is 56.9 Å². The molecule has 0 unspecified atom stereocenters. The van der Waals surface area contributed by atoms with E-state index in [1.165, 1.54) is 30.8 Å². The number of hydrogen-bond donors (Lipinski definition) is 2. The SMILES string of the molecule is CN=C(NCCCN1CCC(C)CC1)NCCN1C(=O)c2ccccc2C1=O. The Morgan fingerprint density at radius 3 is 2.25 bits per heavy atom. The molecule has 2 amide bonds. The molecule has 7 nitrogen and oxygen atoms in total. The number of likely N-dealkylation sites (tertiary alicyclic amines) is 1. The standard InChI is InChI=1S/C21H31N5O2/c1-16-8-13-25(14-9-16)12-5-10-23-21(22-2)24-11-15-26-19(27)17-6-3-4-7-18(17)20(26)28/h3-4,6-7,16H,5,8-15H2,1-2H3,(H2,22,23,24). The first kappa shape index (κ1) is 20.3. The third-order valence-electron chi connectivity index (χ3n) is 5.55. The van der Waals surface area contributed by atoms with Crippen LogP contribution < -0.4 is 10.6 Å². The molecule has 2 heterocycles. The lowest BCUT2D eigenvalue weighted by molar-refractivity contribution is 0.0657. The van der Waals surface area contributed by atoms with Crippen LogP contribution in [0.25, 0.3) is 0 Å². The van der Waals surface area contributed by atoms with Gasteiger partial charge in [-0.3, -0.25) is 19.5 Å². The molecule has 3 rings (SSSR count). The average Bonchev–Trinajstić information content (AvgIpc) is 2.96. The Morgan fingerprint density at radius 2 is 1.64 bits per heavy atom. The number of nitrogens with zero attached hydrogens (tertiary/aromatic N) is 3. The molecule has 1 aromatic carbocycles. The van der Waals surface area contributed by atoms with Crippen molar-refractivity contribution in [2.24, 2.45) is 10.9 Å². The first-order chi connectivity index (χ1) is 13.6. The van der Waals surface area contributed by atoms with E-state index in [4.69, 9.17) is 0 Å². The first-order valence-corrected chi connectivity index (χ1v) is 10.2. The normalized spacial score (nSPS) is 18.5. The monoisotopic (exact) mass is 385 g/mol. The van der Waals surface area contributed by atoms with Crippen LogP contribution in [0.4, 0.5) is 0 Å². The highest BCUT2D eigenvalue weighted by Gasteiger charge is 2.34. The number of carbonyl (C=O) groups excluding carboxylic acids is 2. The van der Waals surface area contributed by atoms with Crippen molar-refractivity contribution in [3.05, 3.63) is 35.4 Å². The van der Waals surface area contributed by atoms with Crippen molar-refractivity contribution in [1.29, 1.82) is 0 Å². The highest BCUT2D eigenvalue weighted by Crippen LogP contribution is 2.21. The summed E-state index contributed by atoms with van der Waals surface area (Å²) in [5.74, 6) is 1.12. The van der Waals surface area contributed by atoms with Crippen LogP contribution in [-0.2, 0) is 0 Å². The van der Waals surface area contributed by atoms with Gasteiger partial charge in [0.1, 0.15) is 0 Å². The molecule has 7 heteroatoms. The summed E-state index contributed by atoms with van der Waals surface area (Å²) in [5, 5.41) is 6.49. The minimum absolute atomic E-state index is 0.221. The Bertz CT molecular complexity index is 690. The molecular weight excluding hydrogens is 354 g/mol. The second-order valence-corrected chi connectivity index (χ2v) is 7.61. The number of hydrogen-bond acceptors (Lipinski definition) is 4. The molecule has 1 saturated heterocycles. The van der Waals surface area contributed by atoms with Crippen molar-refractivity contribution in [3.8, 4) is 0 Å². The van der Waals surface area contributed by atoms with Gasteiger partial charge in [-0.2, -0.15) is 0 Å². The Morgan fingerprint density at radius 1 is 1.04 bits per heavy atom. The van der Waals surface area contributed by atoms with Crippen LogP contribution in [0.5, 0.6) is 0 Å². The maximum Gasteiger partial charge on any atom is 0.261 e. The maximum atomic E-state index is 12.4. The first-order valence-electron chi connectivity index (χ1n) is 10.2. The minimum Gasteiger partial charge on any atom is -0.356 e. The Kier molecular flexibility index (Phi) is 7.03. The lowest BCUT2D eigenvalue weighted by Gasteiger charge is -2.30. The lowest BCUT2D eigenvalue weighted by Crippen LogP contribution is -2.43. The zero-order valence-electron chi connectivity index (χ0n) is 16.9. The van der Waals surface area contributed by atoms with Gasteiger partial charge in [0, 0.05) is 26.7 Å². The Hall–Kier alpha value is -2.41. The van der Waals surface area contributed by atoms with Crippen LogP contribution in [0, 0.1) is 5.92 Å². The summed E-state index contributed by atoms with van der Waals surface area (Å²) < 4.78 is 0. The predicted octanol–water partition coefficient (Wildman–Crippen LogP) is 1.57. The number of carbonyl (C=O) groups is 2. The summed E-state index contributed by atoms with van der Waals surface area (Å²) in [6.45, 7) is 7.47. The molecule has 0 atom stereocenters. The average molecular weight is 386 g/mol. The number of fused-ring (bicyclic) bond motifs is 1. The topological polar surface area (TPSA) is 77.0 Å². The maximum absolute atomic E-state index is 12.4. The van der Waals surface area contributed by atoms with Gasteiger partial charge in [0.25, 0.3) is 11.8 Å². The summed E-state index contributed by atoms with van der Waals surface area (Å²) in [4.78, 5) is 32.8. The summed E-state index contributed by atoms with van der Waals surface area (Å²) in [7, 11) is 1.73. The quantitative estimate of drug-likeness (QED) is 0.322. The van der Waals surface area contributed by atoms with Crippen LogP contribution in [0.1, 0.15) is 46.9 Å². The van der Waals surface area contributed by atoms with Crippen molar-refractivity contribution in [3.63, 3.8) is 0 Å². The molecule has 0 bridgehead atoms. The van der Waals surface area contributed by atoms with Crippen LogP contribution in [-0.4, -0.2) is 73.9 Å². The van der Waals surface area contributed by atoms with E-state index in [1.807, 2.05) is 0 Å². The van der Waals surface area contributed by atoms with Gasteiger partial charge in [0.05, 0.1) is 11.1 Å². The largest absolute Gasteiger partial charge is 0.356 e. The van der Waals surface area contributed by atoms with Gasteiger partial charge in [-0.1, -0.05) is 19.1 Å². The van der Waals surface area contributed by atoms with Gasteiger partial charge < -0.3 is 15.5 Å². The minimum atomic E-state index is -0.221. The van der Waals surface area contributed by atoms with E-state index < -0.39 is 0 Å². The zero-order chi connectivity index (χ0) is 19.9. The molecule has 0 radical (unpaired) electrons. The van der Waals surface area contributed by atoms with Crippen molar-refractivity contribution >= 4 is 17.8 Å². The van der Waals surface area contributed by atoms with Crippen LogP contribution in [0.2, 0.25) is 0 Å². The fraction of sp³-hybridized carbons (Fsp3) is 0.571. The Balaban J connectivity index is 1.35. The smallest absolute Gasteiger partial charge is 0.261 e. The molecule has 2 N–H and O–H groups in total. The molecule has 0 spiro atoms. The highest BCUT2D eigenvalue weighted by atomic mass is 16.2. The number of nitrogens with one attached hydrogen (secondary N) is 2. The molecule has 28 heavy (non-hydrogen) atoms. The molecule has 0 aliphatic carbocycles. The van der Waals surface area contributed by atoms with Crippen LogP contribution in [0.15, 0.2) is 29.3 Å². The molecule has 152 valence electrons. The molecule has 1 fully saturated rings. The van der Waals surface area contributed by atoms with Crippen molar-refractivity contribution < 1.29 is 9.59 Å². The molecule has 0 aromatic heterocycles. The van der Waals surface area contributed by atoms with E-state index in [1.54, 1.807) is 31.3 Å². The molecule has 2 aliphatic heterocycles. The third-order valence-corrected chi connectivity index (χ3v) is 5.55. The summed E-state index contributed by atoms with van der Waals surface area (Å²) in [5.41, 5.74) is 0.976. The van der Waals surface area contributed by atoms with Gasteiger partial charge in [0.15, 0.2) is 5.96 Å².